The summed E-state index contributed by atoms with van der Waals surface area (Å²) in [6.07, 6.45) is 5.99. The molecule has 1 aliphatic carbocycles. The molecule has 1 aliphatic rings. The first kappa shape index (κ1) is 11.0. The van der Waals surface area contributed by atoms with Crippen LogP contribution in [0.4, 0.5) is 0 Å². The van der Waals surface area contributed by atoms with Gasteiger partial charge >= 0.3 is 0 Å². The van der Waals surface area contributed by atoms with E-state index in [4.69, 9.17) is 0 Å². The van der Waals surface area contributed by atoms with E-state index in [9.17, 15) is 5.11 Å². The van der Waals surface area contributed by atoms with Crippen LogP contribution in [0, 0.1) is 17.8 Å². The summed E-state index contributed by atoms with van der Waals surface area (Å²) in [6.45, 7) is 6.82. The van der Waals surface area contributed by atoms with E-state index < -0.39 is 0 Å². The fourth-order valence-corrected chi connectivity index (χ4v) is 2.86. The number of hydrogen-bond donors (Lipinski definition) is 1. The van der Waals surface area contributed by atoms with Crippen molar-refractivity contribution in [2.24, 2.45) is 17.8 Å². The molecule has 1 saturated carbocycles. The lowest BCUT2D eigenvalue weighted by Gasteiger charge is -2.38. The quantitative estimate of drug-likeness (QED) is 0.714. The van der Waals surface area contributed by atoms with E-state index >= 15 is 0 Å². The molecule has 78 valence electrons. The van der Waals surface area contributed by atoms with Gasteiger partial charge in [0.2, 0.25) is 0 Å². The van der Waals surface area contributed by atoms with Crippen LogP contribution >= 0.6 is 0 Å². The van der Waals surface area contributed by atoms with Crippen molar-refractivity contribution in [2.75, 3.05) is 0 Å². The highest BCUT2D eigenvalue weighted by molar-refractivity contribution is 4.83. The number of aliphatic hydroxyl groups excluding tert-OH is 1. The SMILES string of the molecule is CCC(C)C1CCCC(O)C1CC. The molecule has 0 aromatic rings. The normalized spacial score (nSPS) is 37.4. The van der Waals surface area contributed by atoms with Gasteiger partial charge in [-0.25, -0.2) is 0 Å². The lowest BCUT2D eigenvalue weighted by Crippen LogP contribution is -2.35. The van der Waals surface area contributed by atoms with Gasteiger partial charge in [0.15, 0.2) is 0 Å². The zero-order valence-electron chi connectivity index (χ0n) is 9.29. The van der Waals surface area contributed by atoms with Gasteiger partial charge in [-0.05, 0) is 30.6 Å². The minimum absolute atomic E-state index is 0.0160. The topological polar surface area (TPSA) is 20.2 Å². The highest BCUT2D eigenvalue weighted by Crippen LogP contribution is 2.38. The van der Waals surface area contributed by atoms with Crippen LogP contribution in [0.25, 0.3) is 0 Å². The van der Waals surface area contributed by atoms with Crippen LogP contribution in [0.2, 0.25) is 0 Å². The molecule has 0 saturated heterocycles. The van der Waals surface area contributed by atoms with Crippen LogP contribution in [0.15, 0.2) is 0 Å². The summed E-state index contributed by atoms with van der Waals surface area (Å²) in [5, 5.41) is 9.88. The van der Waals surface area contributed by atoms with Crippen molar-refractivity contribution >= 4 is 0 Å². The summed E-state index contributed by atoms with van der Waals surface area (Å²) in [4.78, 5) is 0. The molecule has 4 unspecified atom stereocenters. The molecule has 0 heterocycles. The molecule has 0 bridgehead atoms. The van der Waals surface area contributed by atoms with Gasteiger partial charge in [-0.1, -0.05) is 40.0 Å². The van der Waals surface area contributed by atoms with Crippen LogP contribution in [0.3, 0.4) is 0 Å². The maximum absolute atomic E-state index is 9.88. The average molecular weight is 184 g/mol. The van der Waals surface area contributed by atoms with Gasteiger partial charge in [-0.2, -0.15) is 0 Å². The maximum Gasteiger partial charge on any atom is 0.0571 e. The maximum atomic E-state index is 9.88. The number of hydrogen-bond acceptors (Lipinski definition) is 1. The van der Waals surface area contributed by atoms with Crippen LogP contribution in [0.1, 0.15) is 52.9 Å². The predicted octanol–water partition coefficient (Wildman–Crippen LogP) is 3.22. The van der Waals surface area contributed by atoms with Crippen molar-refractivity contribution in [3.05, 3.63) is 0 Å². The second kappa shape index (κ2) is 4.99. The van der Waals surface area contributed by atoms with E-state index in [1.54, 1.807) is 0 Å². The third kappa shape index (κ3) is 2.46. The third-order valence-electron chi connectivity index (χ3n) is 3.93. The summed E-state index contributed by atoms with van der Waals surface area (Å²) in [5.41, 5.74) is 0. The predicted molar refractivity (Wildman–Crippen MR) is 56.6 cm³/mol. The first-order valence-corrected chi connectivity index (χ1v) is 5.88. The second-order valence-electron chi connectivity index (χ2n) is 4.62. The Bertz CT molecular complexity index is 144. The van der Waals surface area contributed by atoms with Gasteiger partial charge in [0.25, 0.3) is 0 Å². The summed E-state index contributed by atoms with van der Waals surface area (Å²) in [5.74, 6) is 2.14. The fraction of sp³-hybridized carbons (Fsp3) is 1.00. The van der Waals surface area contributed by atoms with Gasteiger partial charge in [-0.15, -0.1) is 0 Å². The van der Waals surface area contributed by atoms with E-state index in [2.05, 4.69) is 20.8 Å². The molecule has 1 fully saturated rings. The van der Waals surface area contributed by atoms with Crippen molar-refractivity contribution < 1.29 is 5.11 Å². The molecule has 0 amide bonds. The summed E-state index contributed by atoms with van der Waals surface area (Å²) >= 11 is 0. The van der Waals surface area contributed by atoms with Crippen molar-refractivity contribution in [2.45, 2.75) is 59.0 Å². The number of rotatable bonds is 3. The molecule has 1 heteroatoms. The van der Waals surface area contributed by atoms with Crippen LogP contribution < -0.4 is 0 Å². The Morgan fingerprint density at radius 1 is 1.31 bits per heavy atom. The van der Waals surface area contributed by atoms with Crippen molar-refractivity contribution in [1.82, 2.24) is 0 Å². The molecule has 1 N–H and O–H groups in total. The van der Waals surface area contributed by atoms with Gasteiger partial charge in [0, 0.05) is 0 Å². The highest BCUT2D eigenvalue weighted by Gasteiger charge is 2.33. The Morgan fingerprint density at radius 2 is 2.00 bits per heavy atom. The van der Waals surface area contributed by atoms with Gasteiger partial charge in [-0.3, -0.25) is 0 Å². The largest absolute Gasteiger partial charge is 0.393 e. The van der Waals surface area contributed by atoms with E-state index in [-0.39, 0.29) is 6.10 Å². The molecule has 4 atom stereocenters. The second-order valence-corrected chi connectivity index (χ2v) is 4.62. The molecule has 1 rings (SSSR count). The monoisotopic (exact) mass is 184 g/mol. The van der Waals surface area contributed by atoms with Gasteiger partial charge in [0.05, 0.1) is 6.10 Å². The smallest absolute Gasteiger partial charge is 0.0571 e. The standard InChI is InChI=1S/C12H24O/c1-4-9(3)11-7-6-8-12(13)10(11)5-2/h9-13H,4-8H2,1-3H3. The Balaban J connectivity index is 2.58. The summed E-state index contributed by atoms with van der Waals surface area (Å²) in [6, 6.07) is 0. The summed E-state index contributed by atoms with van der Waals surface area (Å²) in [7, 11) is 0. The highest BCUT2D eigenvalue weighted by atomic mass is 16.3. The molecule has 0 aromatic heterocycles. The average Bonchev–Trinajstić information content (AvgIpc) is 2.16. The van der Waals surface area contributed by atoms with E-state index in [1.165, 1.54) is 19.3 Å². The molecular weight excluding hydrogens is 160 g/mol. The Kier molecular flexibility index (Phi) is 4.24. The van der Waals surface area contributed by atoms with Crippen LogP contribution in [-0.2, 0) is 0 Å². The fourth-order valence-electron chi connectivity index (χ4n) is 2.86. The molecule has 0 aliphatic heterocycles. The van der Waals surface area contributed by atoms with Gasteiger partial charge < -0.3 is 5.11 Å². The molecule has 0 radical (unpaired) electrons. The molecule has 0 aromatic carbocycles. The van der Waals surface area contributed by atoms with E-state index in [1.807, 2.05) is 0 Å². The first-order valence-electron chi connectivity index (χ1n) is 5.88. The van der Waals surface area contributed by atoms with E-state index in [0.29, 0.717) is 5.92 Å². The molecule has 13 heavy (non-hydrogen) atoms. The molecule has 1 nitrogen and oxygen atoms in total. The number of aliphatic hydroxyl groups is 1. The minimum atomic E-state index is -0.0160. The Morgan fingerprint density at radius 3 is 2.54 bits per heavy atom. The minimum Gasteiger partial charge on any atom is -0.393 e. The summed E-state index contributed by atoms with van der Waals surface area (Å²) < 4.78 is 0. The zero-order chi connectivity index (χ0) is 9.84. The first-order chi connectivity index (χ1) is 6.20. The Labute approximate surface area is 82.5 Å². The van der Waals surface area contributed by atoms with Crippen molar-refractivity contribution in [3.8, 4) is 0 Å². The lowest BCUT2D eigenvalue weighted by molar-refractivity contribution is 0.0105. The van der Waals surface area contributed by atoms with Crippen molar-refractivity contribution in [1.29, 1.82) is 0 Å². The third-order valence-corrected chi connectivity index (χ3v) is 3.93. The van der Waals surface area contributed by atoms with Crippen LogP contribution in [0.5, 0.6) is 0 Å². The van der Waals surface area contributed by atoms with Crippen LogP contribution in [-0.4, -0.2) is 11.2 Å². The van der Waals surface area contributed by atoms with Crippen molar-refractivity contribution in [3.63, 3.8) is 0 Å². The zero-order valence-corrected chi connectivity index (χ0v) is 9.29. The lowest BCUT2D eigenvalue weighted by atomic mass is 9.70. The molecular formula is C12H24O. The van der Waals surface area contributed by atoms with E-state index in [0.717, 1.165) is 24.7 Å². The Hall–Kier alpha value is -0.0400. The van der Waals surface area contributed by atoms with Gasteiger partial charge in [0.1, 0.15) is 0 Å². The molecule has 0 spiro atoms.